The van der Waals surface area contributed by atoms with E-state index in [1.165, 1.54) is 11.3 Å². The lowest BCUT2D eigenvalue weighted by molar-refractivity contribution is -0.124. The first-order chi connectivity index (χ1) is 9.63. The van der Waals surface area contributed by atoms with Crippen LogP contribution in [-0.4, -0.2) is 23.6 Å². The summed E-state index contributed by atoms with van der Waals surface area (Å²) in [6, 6.07) is 1.95. The molecule has 1 atom stereocenters. The topological polar surface area (TPSA) is 64.4 Å². The quantitative estimate of drug-likeness (QED) is 0.944. The van der Waals surface area contributed by atoms with E-state index < -0.39 is 0 Å². The van der Waals surface area contributed by atoms with Gasteiger partial charge in [-0.25, -0.2) is 4.98 Å². The smallest absolute Gasteiger partial charge is 0.255 e. The number of aryl methyl sites for hydroxylation is 2. The van der Waals surface area contributed by atoms with E-state index in [1.807, 2.05) is 25.3 Å². The van der Waals surface area contributed by atoms with Gasteiger partial charge in [-0.3, -0.25) is 10.1 Å². The molecular weight excluding hydrogens is 276 g/mol. The molecule has 1 saturated heterocycles. The normalized spacial score (nSPS) is 18.4. The molecule has 1 aliphatic rings. The highest BCUT2D eigenvalue weighted by Crippen LogP contribution is 2.29. The Bertz CT molecular complexity index is 626. The Morgan fingerprint density at radius 2 is 2.35 bits per heavy atom. The van der Waals surface area contributed by atoms with Crippen LogP contribution in [0, 0.1) is 13.8 Å². The van der Waals surface area contributed by atoms with E-state index in [1.54, 1.807) is 0 Å². The Labute approximate surface area is 121 Å². The number of hydrogen-bond donors (Lipinski definition) is 1. The maximum absolute atomic E-state index is 11.9. The third-order valence-corrected chi connectivity index (χ3v) is 4.03. The average molecular weight is 292 g/mol. The lowest BCUT2D eigenvalue weighted by Crippen LogP contribution is -2.26. The van der Waals surface area contributed by atoms with E-state index in [-0.39, 0.29) is 12.0 Å². The SMILES string of the molecule is Cc1cc(-c2csc(NC(=O)[C@H]3CCCO3)n2)c(C)o1. The van der Waals surface area contributed by atoms with E-state index in [0.717, 1.165) is 35.6 Å². The summed E-state index contributed by atoms with van der Waals surface area (Å²) in [7, 11) is 0. The van der Waals surface area contributed by atoms with E-state index in [4.69, 9.17) is 9.15 Å². The molecule has 3 heterocycles. The number of amides is 1. The molecule has 0 bridgehead atoms. The van der Waals surface area contributed by atoms with Crippen molar-refractivity contribution < 1.29 is 13.9 Å². The molecule has 0 spiro atoms. The van der Waals surface area contributed by atoms with Crippen molar-refractivity contribution in [1.29, 1.82) is 0 Å². The van der Waals surface area contributed by atoms with Crippen molar-refractivity contribution in [2.75, 3.05) is 11.9 Å². The van der Waals surface area contributed by atoms with Crippen molar-refractivity contribution in [2.24, 2.45) is 0 Å². The molecule has 2 aromatic heterocycles. The highest BCUT2D eigenvalue weighted by molar-refractivity contribution is 7.14. The molecule has 0 unspecified atom stereocenters. The lowest BCUT2D eigenvalue weighted by atomic mass is 10.2. The lowest BCUT2D eigenvalue weighted by Gasteiger charge is -2.07. The van der Waals surface area contributed by atoms with Crippen molar-refractivity contribution in [3.05, 3.63) is 23.0 Å². The Morgan fingerprint density at radius 1 is 1.50 bits per heavy atom. The first kappa shape index (κ1) is 13.3. The van der Waals surface area contributed by atoms with Gasteiger partial charge in [-0.05, 0) is 32.8 Å². The van der Waals surface area contributed by atoms with Crippen molar-refractivity contribution in [3.8, 4) is 11.3 Å². The maximum Gasteiger partial charge on any atom is 0.255 e. The fraction of sp³-hybridized carbons (Fsp3) is 0.429. The largest absolute Gasteiger partial charge is 0.466 e. The molecule has 0 radical (unpaired) electrons. The Hall–Kier alpha value is -1.66. The summed E-state index contributed by atoms with van der Waals surface area (Å²) in [5.41, 5.74) is 1.79. The molecule has 0 saturated carbocycles. The van der Waals surface area contributed by atoms with E-state index in [0.29, 0.717) is 11.7 Å². The fourth-order valence-corrected chi connectivity index (χ4v) is 3.02. The van der Waals surface area contributed by atoms with Gasteiger partial charge in [-0.2, -0.15) is 0 Å². The fourth-order valence-electron chi connectivity index (χ4n) is 2.31. The minimum absolute atomic E-state index is 0.108. The third-order valence-electron chi connectivity index (χ3n) is 3.27. The Kier molecular flexibility index (Phi) is 3.58. The standard InChI is InChI=1S/C14H16N2O3S/c1-8-6-10(9(2)19-8)11-7-20-14(15-11)16-13(17)12-4-3-5-18-12/h6-7,12H,3-5H2,1-2H3,(H,15,16,17)/t12-/m1/s1. The molecular formula is C14H16N2O3S. The number of anilines is 1. The van der Waals surface area contributed by atoms with E-state index in [9.17, 15) is 4.79 Å². The number of carbonyl (C=O) groups is 1. The molecule has 1 aliphatic heterocycles. The second-order valence-corrected chi connectivity index (χ2v) is 5.71. The van der Waals surface area contributed by atoms with Crippen LogP contribution in [0.25, 0.3) is 11.3 Å². The number of hydrogen-bond acceptors (Lipinski definition) is 5. The van der Waals surface area contributed by atoms with Gasteiger partial charge < -0.3 is 9.15 Å². The highest BCUT2D eigenvalue weighted by Gasteiger charge is 2.24. The number of ether oxygens (including phenoxy) is 1. The summed E-state index contributed by atoms with van der Waals surface area (Å²) in [5, 5.41) is 5.33. The minimum Gasteiger partial charge on any atom is -0.466 e. The van der Waals surface area contributed by atoms with Gasteiger partial charge in [0.1, 0.15) is 17.6 Å². The van der Waals surface area contributed by atoms with Crippen molar-refractivity contribution in [1.82, 2.24) is 4.98 Å². The van der Waals surface area contributed by atoms with E-state index in [2.05, 4.69) is 10.3 Å². The Morgan fingerprint density at radius 3 is 3.00 bits per heavy atom. The van der Waals surface area contributed by atoms with Crippen LogP contribution in [0.15, 0.2) is 15.9 Å². The molecule has 0 aromatic carbocycles. The number of thiazole rings is 1. The average Bonchev–Trinajstić information content (AvgIpc) is 3.10. The molecule has 0 aliphatic carbocycles. The zero-order chi connectivity index (χ0) is 14.1. The van der Waals surface area contributed by atoms with Crippen LogP contribution in [0.5, 0.6) is 0 Å². The molecule has 2 aromatic rings. The van der Waals surface area contributed by atoms with Gasteiger partial charge in [-0.1, -0.05) is 0 Å². The Balaban J connectivity index is 1.73. The summed E-state index contributed by atoms with van der Waals surface area (Å²) in [6.07, 6.45) is 1.39. The second-order valence-electron chi connectivity index (χ2n) is 4.86. The zero-order valence-electron chi connectivity index (χ0n) is 11.4. The summed E-state index contributed by atoms with van der Waals surface area (Å²) >= 11 is 1.41. The molecule has 5 nitrogen and oxygen atoms in total. The van der Waals surface area contributed by atoms with Crippen LogP contribution in [0.2, 0.25) is 0 Å². The minimum atomic E-state index is -0.333. The van der Waals surface area contributed by atoms with Crippen LogP contribution in [0.1, 0.15) is 24.4 Å². The molecule has 1 N–H and O–H groups in total. The van der Waals surface area contributed by atoms with Gasteiger partial charge in [0.15, 0.2) is 5.13 Å². The van der Waals surface area contributed by atoms with Crippen LogP contribution < -0.4 is 5.32 Å². The van der Waals surface area contributed by atoms with Gasteiger partial charge in [0.05, 0.1) is 5.69 Å². The summed E-state index contributed by atoms with van der Waals surface area (Å²) in [5.74, 6) is 1.59. The second kappa shape index (κ2) is 5.38. The monoisotopic (exact) mass is 292 g/mol. The highest BCUT2D eigenvalue weighted by atomic mass is 32.1. The van der Waals surface area contributed by atoms with Gasteiger partial charge in [0.25, 0.3) is 5.91 Å². The third kappa shape index (κ3) is 2.62. The number of nitrogens with one attached hydrogen (secondary N) is 1. The maximum atomic E-state index is 11.9. The molecule has 6 heteroatoms. The molecule has 3 rings (SSSR count). The van der Waals surface area contributed by atoms with E-state index >= 15 is 0 Å². The van der Waals surface area contributed by atoms with Crippen LogP contribution in [0.3, 0.4) is 0 Å². The molecule has 1 amide bonds. The number of aromatic nitrogens is 1. The van der Waals surface area contributed by atoms with Crippen LogP contribution in [0.4, 0.5) is 5.13 Å². The zero-order valence-corrected chi connectivity index (χ0v) is 12.3. The summed E-state index contributed by atoms with van der Waals surface area (Å²) < 4.78 is 10.8. The van der Waals surface area contributed by atoms with Crippen molar-refractivity contribution in [2.45, 2.75) is 32.8 Å². The number of furan rings is 1. The van der Waals surface area contributed by atoms with Gasteiger partial charge in [0.2, 0.25) is 0 Å². The van der Waals surface area contributed by atoms with Gasteiger partial charge >= 0.3 is 0 Å². The molecule has 20 heavy (non-hydrogen) atoms. The first-order valence-corrected chi connectivity index (χ1v) is 7.47. The first-order valence-electron chi connectivity index (χ1n) is 6.59. The van der Waals surface area contributed by atoms with Gasteiger partial charge in [-0.15, -0.1) is 11.3 Å². The van der Waals surface area contributed by atoms with Gasteiger partial charge in [0, 0.05) is 17.6 Å². The predicted octanol–water partition coefficient (Wildman–Crippen LogP) is 3.14. The van der Waals surface area contributed by atoms with Crippen molar-refractivity contribution in [3.63, 3.8) is 0 Å². The predicted molar refractivity (Wildman–Crippen MR) is 76.9 cm³/mol. The van der Waals surface area contributed by atoms with Crippen molar-refractivity contribution >= 4 is 22.4 Å². The van der Waals surface area contributed by atoms with Crippen LogP contribution in [-0.2, 0) is 9.53 Å². The van der Waals surface area contributed by atoms with Crippen LogP contribution >= 0.6 is 11.3 Å². The summed E-state index contributed by atoms with van der Waals surface area (Å²) in [4.78, 5) is 16.4. The molecule has 106 valence electrons. The number of carbonyl (C=O) groups excluding carboxylic acids is 1. The summed E-state index contributed by atoms with van der Waals surface area (Å²) in [6.45, 7) is 4.48. The number of nitrogens with zero attached hydrogens (tertiary/aromatic N) is 1. The number of rotatable bonds is 3. The molecule has 1 fully saturated rings.